The zero-order valence-corrected chi connectivity index (χ0v) is 26.2. The Morgan fingerprint density at radius 1 is 1.14 bits per heavy atom. The summed E-state index contributed by atoms with van der Waals surface area (Å²) in [5.74, 6) is 3.03. The highest BCUT2D eigenvalue weighted by Crippen LogP contribution is 2.61. The van der Waals surface area contributed by atoms with Crippen molar-refractivity contribution in [2.75, 3.05) is 25.5 Å². The van der Waals surface area contributed by atoms with E-state index in [9.17, 15) is 9.18 Å². The van der Waals surface area contributed by atoms with Crippen LogP contribution in [0.25, 0.3) is 10.9 Å². The standard InChI is InChI=1S/C34H45FN6O2/c1-20-17-41(18-21(2)37-20)33(39-30-14-24-13-28(22(30)3)34(24,4)5)38-25-8-10-27-31(15-25)36-19-40(32(27)42)12-11-23-7-9-26(43-6)16-29(23)35/h7-10,15-16,19-22,24,28,30,37H,11-14,17-18H2,1-6H3,(H,38,39)/t20-,21+,22-,24+,28-,30?/m0/s1. The number of fused-ring (bicyclic) bond motifs is 3. The van der Waals surface area contributed by atoms with Crippen LogP contribution in [0.15, 0.2) is 52.5 Å². The Morgan fingerprint density at radius 2 is 1.91 bits per heavy atom. The minimum absolute atomic E-state index is 0.137. The average molecular weight is 589 g/mol. The van der Waals surface area contributed by atoms with Crippen molar-refractivity contribution in [1.29, 1.82) is 0 Å². The maximum absolute atomic E-state index is 14.4. The lowest BCUT2D eigenvalue weighted by molar-refractivity contribution is -0.108. The lowest BCUT2D eigenvalue weighted by atomic mass is 9.45. The fourth-order valence-corrected chi connectivity index (χ4v) is 7.77. The first-order chi connectivity index (χ1) is 20.5. The van der Waals surface area contributed by atoms with Crippen molar-refractivity contribution in [2.45, 2.75) is 78.6 Å². The minimum Gasteiger partial charge on any atom is -0.497 e. The SMILES string of the molecule is COc1ccc(CCn2cnc3cc(NC(=NC4C[C@H]5C[C@@H]([C@@H]4C)C5(C)C)N4C[C@@H](C)N[C@@H](C)C4)ccc3c2=O)c(F)c1. The smallest absolute Gasteiger partial charge is 0.261 e. The van der Waals surface area contributed by atoms with Crippen molar-refractivity contribution in [3.8, 4) is 5.75 Å². The topological polar surface area (TPSA) is 83.8 Å². The van der Waals surface area contributed by atoms with Gasteiger partial charge in [0.25, 0.3) is 5.56 Å². The van der Waals surface area contributed by atoms with E-state index in [4.69, 9.17) is 9.73 Å². The molecule has 3 saturated carbocycles. The van der Waals surface area contributed by atoms with Gasteiger partial charge in [0.15, 0.2) is 5.96 Å². The van der Waals surface area contributed by atoms with E-state index in [2.05, 4.69) is 55.1 Å². The molecule has 3 aromatic rings. The second-order valence-corrected chi connectivity index (χ2v) is 13.7. The molecule has 8 nitrogen and oxygen atoms in total. The Morgan fingerprint density at radius 3 is 2.58 bits per heavy atom. The Hall–Kier alpha value is -3.46. The number of piperazine rings is 1. The summed E-state index contributed by atoms with van der Waals surface area (Å²) in [5, 5.41) is 7.81. The Bertz CT molecular complexity index is 1570. The van der Waals surface area contributed by atoms with Crippen molar-refractivity contribution in [3.63, 3.8) is 0 Å². The monoisotopic (exact) mass is 588 g/mol. The molecule has 9 heteroatoms. The number of aliphatic imine (C=N–C) groups is 1. The van der Waals surface area contributed by atoms with Crippen LogP contribution in [0.1, 0.15) is 53.0 Å². The normalized spacial score (nSPS) is 28.4. The summed E-state index contributed by atoms with van der Waals surface area (Å²) in [5.41, 5.74) is 2.30. The van der Waals surface area contributed by atoms with E-state index in [1.54, 1.807) is 23.0 Å². The van der Waals surface area contributed by atoms with Crippen LogP contribution in [0.5, 0.6) is 5.75 Å². The molecule has 2 heterocycles. The quantitative estimate of drug-likeness (QED) is 0.300. The molecule has 1 saturated heterocycles. The summed E-state index contributed by atoms with van der Waals surface area (Å²) in [4.78, 5) is 25.7. The molecule has 0 spiro atoms. The predicted molar refractivity (Wildman–Crippen MR) is 170 cm³/mol. The van der Waals surface area contributed by atoms with Gasteiger partial charge < -0.3 is 20.3 Å². The lowest BCUT2D eigenvalue weighted by Crippen LogP contribution is -2.59. The van der Waals surface area contributed by atoms with Crippen molar-refractivity contribution >= 4 is 22.5 Å². The zero-order valence-electron chi connectivity index (χ0n) is 26.2. The largest absolute Gasteiger partial charge is 0.497 e. The van der Waals surface area contributed by atoms with Crippen LogP contribution >= 0.6 is 0 Å². The van der Waals surface area contributed by atoms with Gasteiger partial charge in [-0.25, -0.2) is 14.4 Å². The number of benzene rings is 2. The van der Waals surface area contributed by atoms with Crippen molar-refractivity contribution in [2.24, 2.45) is 28.2 Å². The fraction of sp³-hybridized carbons (Fsp3) is 0.559. The first kappa shape index (κ1) is 29.6. The van der Waals surface area contributed by atoms with E-state index < -0.39 is 0 Å². The number of ether oxygens (including phenoxy) is 1. The molecule has 43 heavy (non-hydrogen) atoms. The first-order valence-electron chi connectivity index (χ1n) is 15.7. The predicted octanol–water partition coefficient (Wildman–Crippen LogP) is 5.31. The van der Waals surface area contributed by atoms with Crippen molar-refractivity contribution in [3.05, 3.63) is 64.5 Å². The van der Waals surface area contributed by atoms with Gasteiger partial charge in [-0.1, -0.05) is 26.8 Å². The van der Waals surface area contributed by atoms with E-state index >= 15 is 0 Å². The molecule has 4 fully saturated rings. The second kappa shape index (κ2) is 11.6. The Kier molecular flexibility index (Phi) is 7.96. The van der Waals surface area contributed by atoms with Gasteiger partial charge in [-0.3, -0.25) is 9.36 Å². The summed E-state index contributed by atoms with van der Waals surface area (Å²) >= 11 is 0. The molecule has 3 aliphatic carbocycles. The van der Waals surface area contributed by atoms with E-state index in [0.717, 1.165) is 43.0 Å². The van der Waals surface area contributed by atoms with E-state index in [-0.39, 0.29) is 11.4 Å². The molecule has 1 aliphatic heterocycles. The molecule has 2 bridgehead atoms. The number of aromatic nitrogens is 2. The third-order valence-electron chi connectivity index (χ3n) is 10.4. The molecule has 230 valence electrons. The average Bonchev–Trinajstić information content (AvgIpc) is 2.97. The van der Waals surface area contributed by atoms with Crippen molar-refractivity contribution < 1.29 is 9.13 Å². The van der Waals surface area contributed by atoms with Gasteiger partial charge in [0.05, 0.1) is 30.4 Å². The fourth-order valence-electron chi connectivity index (χ4n) is 7.77. The van der Waals surface area contributed by atoms with Gasteiger partial charge in [-0.2, -0.15) is 0 Å². The van der Waals surface area contributed by atoms with E-state index in [1.807, 2.05) is 18.2 Å². The van der Waals surface area contributed by atoms with E-state index in [0.29, 0.717) is 64.6 Å². The number of methoxy groups -OCH3 is 1. The highest BCUT2D eigenvalue weighted by Gasteiger charge is 2.56. The van der Waals surface area contributed by atoms with Crippen LogP contribution in [0, 0.1) is 29.0 Å². The molecule has 1 aromatic heterocycles. The van der Waals surface area contributed by atoms with Gasteiger partial charge in [-0.15, -0.1) is 0 Å². The van der Waals surface area contributed by atoms with Gasteiger partial charge >= 0.3 is 0 Å². The molecule has 2 N–H and O–H groups in total. The molecule has 2 aromatic carbocycles. The van der Waals surface area contributed by atoms with Gasteiger partial charge in [0.1, 0.15) is 11.6 Å². The summed E-state index contributed by atoms with van der Waals surface area (Å²) in [6, 6.07) is 11.5. The highest BCUT2D eigenvalue weighted by atomic mass is 19.1. The maximum Gasteiger partial charge on any atom is 0.261 e. The van der Waals surface area contributed by atoms with E-state index in [1.165, 1.54) is 19.6 Å². The summed E-state index contributed by atoms with van der Waals surface area (Å²) < 4.78 is 21.1. The zero-order chi connectivity index (χ0) is 30.5. The molecular formula is C34H45FN6O2. The molecule has 6 atom stereocenters. The third-order valence-corrected chi connectivity index (χ3v) is 10.4. The number of aryl methyl sites for hydroxylation is 2. The van der Waals surface area contributed by atoms with Gasteiger partial charge in [0, 0.05) is 43.5 Å². The highest BCUT2D eigenvalue weighted by molar-refractivity contribution is 5.96. The van der Waals surface area contributed by atoms with Gasteiger partial charge in [0.2, 0.25) is 0 Å². The summed E-state index contributed by atoms with van der Waals surface area (Å²) in [6.07, 6.45) is 4.39. The molecule has 7 rings (SSSR count). The number of guanidine groups is 1. The van der Waals surface area contributed by atoms with Crippen LogP contribution in [0.2, 0.25) is 0 Å². The van der Waals surface area contributed by atoms with Crippen LogP contribution in [0.3, 0.4) is 0 Å². The van der Waals surface area contributed by atoms with Crippen molar-refractivity contribution in [1.82, 2.24) is 19.8 Å². The molecule has 0 amide bonds. The Balaban J connectivity index is 1.23. The molecule has 4 aliphatic rings. The number of nitrogens with one attached hydrogen (secondary N) is 2. The molecular weight excluding hydrogens is 543 g/mol. The first-order valence-corrected chi connectivity index (χ1v) is 15.7. The summed E-state index contributed by atoms with van der Waals surface area (Å²) in [6.45, 7) is 13.7. The number of nitrogens with zero attached hydrogens (tertiary/aromatic N) is 4. The van der Waals surface area contributed by atoms with Crippen LogP contribution < -0.4 is 20.9 Å². The Labute approximate surface area is 253 Å². The summed E-state index contributed by atoms with van der Waals surface area (Å²) in [7, 11) is 1.51. The van der Waals surface area contributed by atoms with Crippen LogP contribution in [-0.2, 0) is 13.0 Å². The van der Waals surface area contributed by atoms with Crippen LogP contribution in [-0.4, -0.2) is 58.7 Å². The number of hydrogen-bond donors (Lipinski definition) is 2. The number of hydrogen-bond acceptors (Lipinski definition) is 5. The van der Waals surface area contributed by atoms with Crippen LogP contribution in [0.4, 0.5) is 10.1 Å². The number of anilines is 1. The maximum atomic E-state index is 14.4. The number of rotatable bonds is 6. The molecule has 1 unspecified atom stereocenters. The minimum atomic E-state index is -0.342. The third kappa shape index (κ3) is 5.76. The molecule has 0 radical (unpaired) electrons. The number of halogens is 1. The lowest BCUT2D eigenvalue weighted by Gasteiger charge is -2.61. The second-order valence-electron chi connectivity index (χ2n) is 13.7. The van der Waals surface area contributed by atoms with Gasteiger partial charge in [-0.05, 0) is 86.1 Å².